The first kappa shape index (κ1) is 18.2. The normalized spacial score (nSPS) is 26.2. The van der Waals surface area contributed by atoms with E-state index in [4.69, 9.17) is 0 Å². The van der Waals surface area contributed by atoms with Crippen LogP contribution in [0.3, 0.4) is 0 Å². The zero-order valence-electron chi connectivity index (χ0n) is 15.2. The molecule has 1 fully saturated rings. The van der Waals surface area contributed by atoms with E-state index in [1.165, 1.54) is 0 Å². The molecule has 3 N–H and O–H groups in total. The number of rotatable bonds is 5. The smallest absolute Gasteiger partial charge is 0.307 e. The van der Waals surface area contributed by atoms with E-state index in [2.05, 4.69) is 10.6 Å². The third-order valence-corrected chi connectivity index (χ3v) is 5.22. The van der Waals surface area contributed by atoms with E-state index in [1.807, 2.05) is 32.9 Å². The minimum Gasteiger partial charge on any atom is -0.481 e. The van der Waals surface area contributed by atoms with Crippen LogP contribution < -0.4 is 10.6 Å². The van der Waals surface area contributed by atoms with Crippen molar-refractivity contribution in [3.63, 3.8) is 0 Å². The van der Waals surface area contributed by atoms with Crippen LogP contribution in [0.4, 0.5) is 5.69 Å². The predicted octanol–water partition coefficient (Wildman–Crippen LogP) is 2.59. The quantitative estimate of drug-likeness (QED) is 0.707. The number of anilines is 1. The van der Waals surface area contributed by atoms with Crippen LogP contribution in [0.15, 0.2) is 30.4 Å². The molecule has 0 spiro atoms. The molecule has 0 heterocycles. The summed E-state index contributed by atoms with van der Waals surface area (Å²) in [6, 6.07) is 5.17. The van der Waals surface area contributed by atoms with Crippen LogP contribution in [0.2, 0.25) is 0 Å². The van der Waals surface area contributed by atoms with Crippen molar-refractivity contribution in [1.82, 2.24) is 5.32 Å². The molecule has 2 aliphatic rings. The van der Waals surface area contributed by atoms with Gasteiger partial charge in [-0.25, -0.2) is 0 Å². The van der Waals surface area contributed by atoms with Gasteiger partial charge >= 0.3 is 5.97 Å². The van der Waals surface area contributed by atoms with Gasteiger partial charge < -0.3 is 15.7 Å². The first-order valence-corrected chi connectivity index (χ1v) is 8.91. The van der Waals surface area contributed by atoms with E-state index in [-0.39, 0.29) is 29.7 Å². The molecule has 2 bridgehead atoms. The number of amides is 2. The highest BCUT2D eigenvalue weighted by atomic mass is 16.4. The number of carbonyl (C=O) groups excluding carboxylic acids is 2. The second kappa shape index (κ2) is 6.94. The summed E-state index contributed by atoms with van der Waals surface area (Å²) in [6.07, 6.45) is 4.57. The van der Waals surface area contributed by atoms with Gasteiger partial charge in [0, 0.05) is 17.3 Å². The topological polar surface area (TPSA) is 95.5 Å². The lowest BCUT2D eigenvalue weighted by Crippen LogP contribution is -2.36. The molecule has 26 heavy (non-hydrogen) atoms. The molecule has 4 atom stereocenters. The van der Waals surface area contributed by atoms with E-state index in [1.54, 1.807) is 18.2 Å². The molecule has 3 rings (SSSR count). The van der Waals surface area contributed by atoms with Crippen LogP contribution >= 0.6 is 0 Å². The van der Waals surface area contributed by atoms with Crippen molar-refractivity contribution >= 4 is 23.5 Å². The minimum atomic E-state index is -0.928. The van der Waals surface area contributed by atoms with Gasteiger partial charge in [0.2, 0.25) is 5.91 Å². The van der Waals surface area contributed by atoms with Crippen LogP contribution in [-0.4, -0.2) is 28.9 Å². The summed E-state index contributed by atoms with van der Waals surface area (Å²) in [6.45, 7) is 5.60. The Morgan fingerprint density at radius 2 is 1.77 bits per heavy atom. The molecule has 138 valence electrons. The van der Waals surface area contributed by atoms with E-state index in [9.17, 15) is 19.5 Å². The summed E-state index contributed by atoms with van der Waals surface area (Å²) in [4.78, 5) is 36.6. The van der Waals surface area contributed by atoms with Crippen LogP contribution in [0, 0.1) is 30.6 Å². The molecule has 6 heteroatoms. The van der Waals surface area contributed by atoms with Gasteiger partial charge in [0.25, 0.3) is 5.91 Å². The van der Waals surface area contributed by atoms with Gasteiger partial charge in [-0.1, -0.05) is 18.2 Å². The number of carboxylic acid groups (broad SMARTS) is 1. The number of aryl methyl sites for hydroxylation is 1. The summed E-state index contributed by atoms with van der Waals surface area (Å²) < 4.78 is 0. The Hall–Kier alpha value is -2.63. The molecule has 0 aromatic heterocycles. The van der Waals surface area contributed by atoms with Crippen LogP contribution in [0.25, 0.3) is 0 Å². The molecule has 1 aromatic rings. The largest absolute Gasteiger partial charge is 0.481 e. The number of carboxylic acids is 1. The molecule has 1 aromatic carbocycles. The summed E-state index contributed by atoms with van der Waals surface area (Å²) in [5.41, 5.74) is 1.82. The molecule has 0 radical (unpaired) electrons. The highest BCUT2D eigenvalue weighted by molar-refractivity contribution is 6.00. The predicted molar refractivity (Wildman–Crippen MR) is 97.8 cm³/mol. The maximum atomic E-state index is 12.8. The molecule has 4 unspecified atom stereocenters. The molecule has 1 saturated carbocycles. The van der Waals surface area contributed by atoms with Gasteiger partial charge in [0.15, 0.2) is 0 Å². The summed E-state index contributed by atoms with van der Waals surface area (Å²) in [7, 11) is 0. The van der Waals surface area contributed by atoms with E-state index >= 15 is 0 Å². The Labute approximate surface area is 152 Å². The monoisotopic (exact) mass is 356 g/mol. The van der Waals surface area contributed by atoms with Gasteiger partial charge in [-0.15, -0.1) is 0 Å². The molecule has 0 saturated heterocycles. The third-order valence-electron chi connectivity index (χ3n) is 5.22. The number of carbonyl (C=O) groups is 3. The number of benzene rings is 1. The average Bonchev–Trinajstić information content (AvgIpc) is 3.16. The fourth-order valence-corrected chi connectivity index (χ4v) is 4.03. The average molecular weight is 356 g/mol. The van der Waals surface area contributed by atoms with Crippen molar-refractivity contribution in [2.24, 2.45) is 23.7 Å². The summed E-state index contributed by atoms with van der Waals surface area (Å²) >= 11 is 0. The van der Waals surface area contributed by atoms with Gasteiger partial charge in [-0.05, 0) is 56.7 Å². The molecule has 0 aliphatic heterocycles. The van der Waals surface area contributed by atoms with Crippen molar-refractivity contribution in [3.05, 3.63) is 41.5 Å². The van der Waals surface area contributed by atoms with E-state index in [0.717, 1.165) is 5.56 Å². The first-order chi connectivity index (χ1) is 12.3. The lowest BCUT2D eigenvalue weighted by molar-refractivity contribution is -0.146. The zero-order chi connectivity index (χ0) is 19.0. The summed E-state index contributed by atoms with van der Waals surface area (Å²) in [5.74, 6) is -2.78. The van der Waals surface area contributed by atoms with Crippen molar-refractivity contribution < 1.29 is 19.5 Å². The lowest BCUT2D eigenvalue weighted by atomic mass is 9.82. The standard InChI is InChI=1S/C20H24N2O4/c1-10(2)21-18(23)15-9-14(7-4-11(15)3)22-19(24)16-12-5-6-13(8-12)17(16)20(25)26/h4-7,9-10,12-13,16-17H,8H2,1-3H3,(H,21,23)(H,22,24)(H,25,26). The van der Waals surface area contributed by atoms with Gasteiger partial charge in [-0.2, -0.15) is 0 Å². The van der Waals surface area contributed by atoms with Gasteiger partial charge in [-0.3, -0.25) is 14.4 Å². The fourth-order valence-electron chi connectivity index (χ4n) is 4.03. The second-order valence-corrected chi connectivity index (χ2v) is 7.49. The van der Waals surface area contributed by atoms with Crippen molar-refractivity contribution in [2.75, 3.05) is 5.32 Å². The van der Waals surface area contributed by atoms with Crippen molar-refractivity contribution in [1.29, 1.82) is 0 Å². The highest BCUT2D eigenvalue weighted by Crippen LogP contribution is 2.48. The van der Waals surface area contributed by atoms with Crippen molar-refractivity contribution in [3.8, 4) is 0 Å². The SMILES string of the molecule is Cc1ccc(NC(=O)C2C3C=CC(C3)C2C(=O)O)cc1C(=O)NC(C)C. The number of nitrogens with one attached hydrogen (secondary N) is 2. The second-order valence-electron chi connectivity index (χ2n) is 7.49. The maximum absolute atomic E-state index is 12.8. The zero-order valence-corrected chi connectivity index (χ0v) is 15.2. The highest BCUT2D eigenvalue weighted by Gasteiger charge is 2.51. The van der Waals surface area contributed by atoms with Gasteiger partial charge in [0.05, 0.1) is 11.8 Å². The lowest BCUT2D eigenvalue weighted by Gasteiger charge is -2.24. The number of hydrogen-bond acceptors (Lipinski definition) is 3. The Bertz CT molecular complexity index is 784. The summed E-state index contributed by atoms with van der Waals surface area (Å²) in [5, 5.41) is 15.1. The van der Waals surface area contributed by atoms with Crippen LogP contribution in [0.5, 0.6) is 0 Å². The number of fused-ring (bicyclic) bond motifs is 2. The first-order valence-electron chi connectivity index (χ1n) is 8.91. The molecular weight excluding hydrogens is 332 g/mol. The maximum Gasteiger partial charge on any atom is 0.307 e. The third kappa shape index (κ3) is 3.36. The number of aliphatic carboxylic acids is 1. The Morgan fingerprint density at radius 3 is 2.38 bits per heavy atom. The molecule has 6 nitrogen and oxygen atoms in total. The fraction of sp³-hybridized carbons (Fsp3) is 0.450. The van der Waals surface area contributed by atoms with Gasteiger partial charge in [0.1, 0.15) is 0 Å². The van der Waals surface area contributed by atoms with Crippen LogP contribution in [-0.2, 0) is 9.59 Å². The number of allylic oxidation sites excluding steroid dienone is 2. The molecular formula is C20H24N2O4. The van der Waals surface area contributed by atoms with E-state index < -0.39 is 17.8 Å². The molecule has 2 amide bonds. The van der Waals surface area contributed by atoms with Crippen molar-refractivity contribution in [2.45, 2.75) is 33.2 Å². The number of hydrogen-bond donors (Lipinski definition) is 3. The van der Waals surface area contributed by atoms with Crippen LogP contribution in [0.1, 0.15) is 36.2 Å². The minimum absolute atomic E-state index is 0.0114. The Kier molecular flexibility index (Phi) is 4.85. The Morgan fingerprint density at radius 1 is 1.12 bits per heavy atom. The Balaban J connectivity index is 1.79. The molecule has 2 aliphatic carbocycles. The van der Waals surface area contributed by atoms with E-state index in [0.29, 0.717) is 17.7 Å².